The van der Waals surface area contributed by atoms with E-state index in [4.69, 9.17) is 5.11 Å². The Morgan fingerprint density at radius 2 is 1.92 bits per heavy atom. The number of alkyl halides is 3. The zero-order chi connectivity index (χ0) is 10.2. The molecule has 0 saturated heterocycles. The molecule has 0 aromatic carbocycles. The van der Waals surface area contributed by atoms with Crippen molar-refractivity contribution in [1.29, 1.82) is 0 Å². The minimum atomic E-state index is -4.94. The number of carboxylic acid groups (broad SMARTS) is 1. The van der Waals surface area contributed by atoms with E-state index in [0.717, 1.165) is 0 Å². The Morgan fingerprint density at radius 3 is 2.23 bits per heavy atom. The van der Waals surface area contributed by atoms with Crippen LogP contribution >= 0.6 is 0 Å². The quantitative estimate of drug-likeness (QED) is 0.661. The summed E-state index contributed by atoms with van der Waals surface area (Å²) in [5.74, 6) is -4.14. The molecule has 0 aliphatic heterocycles. The topological polar surface area (TPSA) is 66.4 Å². The van der Waals surface area contributed by atoms with Crippen LogP contribution in [0.4, 0.5) is 13.2 Å². The molecule has 1 saturated carbocycles. The average molecular weight is 197 g/mol. The number of carbonyl (C=O) groups is 2. The SMILES string of the molecule is O=C(O)[C@H]1C[C@H]1NC(=O)C(F)(F)F. The lowest BCUT2D eigenvalue weighted by Crippen LogP contribution is -2.39. The summed E-state index contributed by atoms with van der Waals surface area (Å²) in [6.07, 6.45) is -4.87. The molecule has 0 aromatic rings. The molecule has 1 aliphatic rings. The van der Waals surface area contributed by atoms with Gasteiger partial charge in [0.05, 0.1) is 5.92 Å². The second-order valence-corrected chi connectivity index (χ2v) is 2.76. The molecule has 1 amide bonds. The van der Waals surface area contributed by atoms with Gasteiger partial charge in [0.2, 0.25) is 0 Å². The maximum atomic E-state index is 11.6. The molecule has 0 radical (unpaired) electrons. The highest BCUT2D eigenvalue weighted by Gasteiger charge is 2.48. The minimum Gasteiger partial charge on any atom is -0.481 e. The van der Waals surface area contributed by atoms with E-state index in [1.165, 1.54) is 0 Å². The molecule has 0 aromatic heterocycles. The molecule has 0 unspecified atom stereocenters. The number of halogens is 3. The van der Waals surface area contributed by atoms with Gasteiger partial charge in [0.1, 0.15) is 0 Å². The monoisotopic (exact) mass is 197 g/mol. The average Bonchev–Trinajstić information content (AvgIpc) is 2.64. The Morgan fingerprint density at radius 1 is 1.38 bits per heavy atom. The van der Waals surface area contributed by atoms with Gasteiger partial charge in [0.25, 0.3) is 0 Å². The van der Waals surface area contributed by atoms with E-state index in [1.54, 1.807) is 5.32 Å². The van der Waals surface area contributed by atoms with Gasteiger partial charge in [0, 0.05) is 6.04 Å². The van der Waals surface area contributed by atoms with Crippen molar-refractivity contribution in [2.24, 2.45) is 5.92 Å². The van der Waals surface area contributed by atoms with Crippen LogP contribution in [0.25, 0.3) is 0 Å². The maximum Gasteiger partial charge on any atom is 0.471 e. The van der Waals surface area contributed by atoms with Gasteiger partial charge in [-0.05, 0) is 6.42 Å². The summed E-state index contributed by atoms with van der Waals surface area (Å²) in [6.45, 7) is 0. The van der Waals surface area contributed by atoms with Crippen LogP contribution in [0.2, 0.25) is 0 Å². The molecule has 7 heteroatoms. The lowest BCUT2D eigenvalue weighted by Gasteiger charge is -2.05. The molecule has 1 aliphatic carbocycles. The number of carbonyl (C=O) groups excluding carboxylic acids is 1. The molecule has 1 rings (SSSR count). The molecule has 0 bridgehead atoms. The molecular formula is C6H6F3NO3. The van der Waals surface area contributed by atoms with Crippen LogP contribution in [0.1, 0.15) is 6.42 Å². The lowest BCUT2D eigenvalue weighted by atomic mass is 10.4. The third-order valence-electron chi connectivity index (χ3n) is 1.68. The van der Waals surface area contributed by atoms with Gasteiger partial charge in [-0.2, -0.15) is 13.2 Å². The summed E-state index contributed by atoms with van der Waals surface area (Å²) in [4.78, 5) is 20.4. The number of hydrogen-bond acceptors (Lipinski definition) is 2. The van der Waals surface area contributed by atoms with Crippen molar-refractivity contribution in [2.45, 2.75) is 18.6 Å². The first-order valence-electron chi connectivity index (χ1n) is 3.43. The van der Waals surface area contributed by atoms with Gasteiger partial charge in [0.15, 0.2) is 0 Å². The van der Waals surface area contributed by atoms with Gasteiger partial charge in [-0.1, -0.05) is 0 Å². The first-order chi connectivity index (χ1) is 5.82. The van der Waals surface area contributed by atoms with Crippen molar-refractivity contribution in [3.05, 3.63) is 0 Å². The lowest BCUT2D eigenvalue weighted by molar-refractivity contribution is -0.173. The van der Waals surface area contributed by atoms with Crippen molar-refractivity contribution < 1.29 is 27.9 Å². The highest BCUT2D eigenvalue weighted by Crippen LogP contribution is 2.31. The van der Waals surface area contributed by atoms with Crippen molar-refractivity contribution in [2.75, 3.05) is 0 Å². The largest absolute Gasteiger partial charge is 0.481 e. The van der Waals surface area contributed by atoms with Gasteiger partial charge >= 0.3 is 18.1 Å². The predicted molar refractivity (Wildman–Crippen MR) is 33.7 cm³/mol. The van der Waals surface area contributed by atoms with E-state index in [0.29, 0.717) is 0 Å². The normalized spacial score (nSPS) is 26.7. The predicted octanol–water partition coefficient (Wildman–Crippen LogP) is 0.138. The molecule has 2 N–H and O–H groups in total. The van der Waals surface area contributed by atoms with Crippen molar-refractivity contribution >= 4 is 11.9 Å². The molecule has 1 fully saturated rings. The smallest absolute Gasteiger partial charge is 0.471 e. The summed E-state index contributed by atoms with van der Waals surface area (Å²) in [6, 6.07) is -0.869. The van der Waals surface area contributed by atoms with Gasteiger partial charge in [-0.25, -0.2) is 0 Å². The summed E-state index contributed by atoms with van der Waals surface area (Å²) in [5.41, 5.74) is 0. The van der Waals surface area contributed by atoms with Crippen molar-refractivity contribution in [3.8, 4) is 0 Å². The Kier molecular flexibility index (Phi) is 2.19. The molecule has 0 heterocycles. The molecular weight excluding hydrogens is 191 g/mol. The van der Waals surface area contributed by atoms with Crippen molar-refractivity contribution in [1.82, 2.24) is 5.32 Å². The van der Waals surface area contributed by atoms with Crippen LogP contribution in [0.5, 0.6) is 0 Å². The van der Waals surface area contributed by atoms with Crippen LogP contribution < -0.4 is 5.32 Å². The summed E-state index contributed by atoms with van der Waals surface area (Å²) in [7, 11) is 0. The standard InChI is InChI=1S/C6H6F3NO3/c7-6(8,9)5(13)10-3-1-2(3)4(11)12/h2-3H,1H2,(H,10,13)(H,11,12)/t2-,3+/m0/s1. The van der Waals surface area contributed by atoms with Gasteiger partial charge in [-0.3, -0.25) is 9.59 Å². The van der Waals surface area contributed by atoms with Crippen LogP contribution in [0, 0.1) is 5.92 Å². The van der Waals surface area contributed by atoms with Crippen LogP contribution in [-0.2, 0) is 9.59 Å². The Labute approximate surface area is 70.7 Å². The van der Waals surface area contributed by atoms with E-state index in [9.17, 15) is 22.8 Å². The molecule has 2 atom stereocenters. The molecule has 0 spiro atoms. The van der Waals surface area contributed by atoms with Gasteiger partial charge in [-0.15, -0.1) is 0 Å². The second kappa shape index (κ2) is 2.90. The van der Waals surface area contributed by atoms with Crippen LogP contribution in [-0.4, -0.2) is 29.2 Å². The van der Waals surface area contributed by atoms with E-state index >= 15 is 0 Å². The first-order valence-corrected chi connectivity index (χ1v) is 3.43. The Bertz CT molecular complexity index is 250. The minimum absolute atomic E-state index is 0.0666. The highest BCUT2D eigenvalue weighted by molar-refractivity contribution is 5.84. The third-order valence-corrected chi connectivity index (χ3v) is 1.68. The van der Waals surface area contributed by atoms with E-state index in [2.05, 4.69) is 0 Å². The number of amides is 1. The second-order valence-electron chi connectivity index (χ2n) is 2.76. The highest BCUT2D eigenvalue weighted by atomic mass is 19.4. The van der Waals surface area contributed by atoms with Gasteiger partial charge < -0.3 is 10.4 Å². The van der Waals surface area contributed by atoms with Crippen molar-refractivity contribution in [3.63, 3.8) is 0 Å². The Hall–Kier alpha value is -1.27. The number of aliphatic carboxylic acids is 1. The zero-order valence-corrected chi connectivity index (χ0v) is 6.26. The number of hydrogen-bond donors (Lipinski definition) is 2. The summed E-state index contributed by atoms with van der Waals surface area (Å²) in [5, 5.41) is 9.89. The first kappa shape index (κ1) is 9.82. The summed E-state index contributed by atoms with van der Waals surface area (Å²) >= 11 is 0. The Balaban J connectivity index is 2.37. The van der Waals surface area contributed by atoms with E-state index in [1.807, 2.05) is 0 Å². The number of rotatable bonds is 2. The number of carboxylic acids is 1. The number of nitrogens with one attached hydrogen (secondary N) is 1. The van der Waals surface area contributed by atoms with E-state index < -0.39 is 30.0 Å². The van der Waals surface area contributed by atoms with Crippen LogP contribution in [0.15, 0.2) is 0 Å². The zero-order valence-electron chi connectivity index (χ0n) is 6.26. The fourth-order valence-corrected chi connectivity index (χ4v) is 0.878. The maximum absolute atomic E-state index is 11.6. The van der Waals surface area contributed by atoms with Crippen LogP contribution in [0.3, 0.4) is 0 Å². The molecule has 4 nitrogen and oxygen atoms in total. The molecule has 13 heavy (non-hydrogen) atoms. The summed E-state index contributed by atoms with van der Waals surface area (Å²) < 4.78 is 34.8. The fraction of sp³-hybridized carbons (Fsp3) is 0.667. The molecule has 74 valence electrons. The fourth-order valence-electron chi connectivity index (χ4n) is 0.878. The van der Waals surface area contributed by atoms with E-state index in [-0.39, 0.29) is 6.42 Å². The third kappa shape index (κ3) is 2.33.